The topological polar surface area (TPSA) is 61.2 Å². The molecular weight excluding hydrogens is 316 g/mol. The van der Waals surface area contributed by atoms with Crippen LogP contribution in [0.2, 0.25) is 0 Å². The van der Waals surface area contributed by atoms with E-state index < -0.39 is 0 Å². The molecule has 0 bridgehead atoms. The highest BCUT2D eigenvalue weighted by molar-refractivity contribution is 5.49. The molecule has 0 saturated heterocycles. The van der Waals surface area contributed by atoms with Gasteiger partial charge in [-0.05, 0) is 39.3 Å². The van der Waals surface area contributed by atoms with Gasteiger partial charge in [0.05, 0.1) is 6.61 Å². The molecule has 134 valence electrons. The van der Waals surface area contributed by atoms with Crippen LogP contribution in [0, 0.1) is 6.92 Å². The minimum Gasteiger partial charge on any atom is -0.494 e. The molecule has 0 saturated carbocycles. The Labute approximate surface area is 148 Å². The lowest BCUT2D eigenvalue weighted by Gasteiger charge is -2.25. The summed E-state index contributed by atoms with van der Waals surface area (Å²) >= 11 is 0. The fraction of sp³-hybridized carbons (Fsp3) is 0.579. The van der Waals surface area contributed by atoms with Gasteiger partial charge in [0.15, 0.2) is 0 Å². The van der Waals surface area contributed by atoms with Gasteiger partial charge >= 0.3 is 0 Å². The van der Waals surface area contributed by atoms with Crippen LogP contribution in [0.15, 0.2) is 12.1 Å². The average Bonchev–Trinajstić information content (AvgIpc) is 3.15. The summed E-state index contributed by atoms with van der Waals surface area (Å²) in [4.78, 5) is 0. The maximum Gasteiger partial charge on any atom is 0.133 e. The molecule has 0 spiro atoms. The monoisotopic (exact) mass is 342 g/mol. The van der Waals surface area contributed by atoms with E-state index in [0.29, 0.717) is 12.6 Å². The number of nitrogens with one attached hydrogen (secondary N) is 1. The molecule has 0 radical (unpaired) electrons. The van der Waals surface area contributed by atoms with Crippen molar-refractivity contribution in [3.05, 3.63) is 34.9 Å². The van der Waals surface area contributed by atoms with Crippen LogP contribution in [0.25, 0.3) is 0 Å². The van der Waals surface area contributed by atoms with Crippen molar-refractivity contribution >= 4 is 0 Å². The number of nitrogens with zero attached hydrogens (tertiary/aromatic N) is 3. The quantitative estimate of drug-likeness (QED) is 0.904. The molecule has 0 fully saturated rings. The summed E-state index contributed by atoms with van der Waals surface area (Å²) in [6.07, 6.45) is 3.25. The van der Waals surface area contributed by atoms with Crippen molar-refractivity contribution in [2.45, 2.75) is 65.3 Å². The average molecular weight is 342 g/mol. The highest BCUT2D eigenvalue weighted by atomic mass is 16.5. The van der Waals surface area contributed by atoms with Gasteiger partial charge in [-0.1, -0.05) is 0 Å². The second-order valence-corrected chi connectivity index (χ2v) is 7.03. The van der Waals surface area contributed by atoms with E-state index in [9.17, 15) is 0 Å². The van der Waals surface area contributed by atoms with Crippen LogP contribution in [0.1, 0.15) is 43.0 Å². The zero-order valence-electron chi connectivity index (χ0n) is 15.2. The number of ether oxygens (including phenoxy) is 2. The van der Waals surface area contributed by atoms with E-state index in [1.165, 1.54) is 11.1 Å². The third-order valence-corrected chi connectivity index (χ3v) is 5.07. The van der Waals surface area contributed by atoms with Gasteiger partial charge in [0.2, 0.25) is 0 Å². The Morgan fingerprint density at radius 1 is 1.36 bits per heavy atom. The van der Waals surface area contributed by atoms with Gasteiger partial charge in [-0.15, -0.1) is 10.2 Å². The SMILES string of the molecule is CCOc1cc(CN[C@H]2CCc3nnc(C)n3C2)c2c(c1)C[C@@H](C)O2. The van der Waals surface area contributed by atoms with E-state index in [-0.39, 0.29) is 6.10 Å². The standard InChI is InChI=1S/C19H26N4O2/c1-4-24-17-8-14-7-12(2)25-19(14)15(9-17)10-20-16-5-6-18-22-21-13(3)23(18)11-16/h8-9,12,16,20H,4-7,10-11H2,1-3H3/t12-,16+/m1/s1. The first kappa shape index (κ1) is 16.4. The molecule has 0 amide bonds. The number of rotatable bonds is 5. The lowest BCUT2D eigenvalue weighted by atomic mass is 10.0. The summed E-state index contributed by atoms with van der Waals surface area (Å²) in [5, 5.41) is 12.1. The fourth-order valence-corrected chi connectivity index (χ4v) is 3.84. The molecule has 1 N–H and O–H groups in total. The van der Waals surface area contributed by atoms with Gasteiger partial charge in [-0.25, -0.2) is 0 Å². The van der Waals surface area contributed by atoms with Crippen LogP contribution in [0.3, 0.4) is 0 Å². The molecule has 1 aromatic heterocycles. The van der Waals surface area contributed by atoms with E-state index in [1.54, 1.807) is 0 Å². The van der Waals surface area contributed by atoms with Crippen LogP contribution in [-0.4, -0.2) is 33.5 Å². The number of aromatic nitrogens is 3. The zero-order chi connectivity index (χ0) is 17.4. The van der Waals surface area contributed by atoms with Crippen molar-refractivity contribution in [3.8, 4) is 11.5 Å². The Balaban J connectivity index is 1.49. The minimum atomic E-state index is 0.238. The van der Waals surface area contributed by atoms with Gasteiger partial charge in [-0.3, -0.25) is 0 Å². The van der Waals surface area contributed by atoms with Gasteiger partial charge < -0.3 is 19.4 Å². The van der Waals surface area contributed by atoms with Crippen LogP contribution in [0.5, 0.6) is 11.5 Å². The molecular formula is C19H26N4O2. The normalized spacial score (nSPS) is 21.6. The van der Waals surface area contributed by atoms with Gasteiger partial charge in [-0.2, -0.15) is 0 Å². The number of aryl methyl sites for hydroxylation is 2. The predicted molar refractivity (Wildman–Crippen MR) is 95.1 cm³/mol. The maximum atomic E-state index is 6.05. The highest BCUT2D eigenvalue weighted by Crippen LogP contribution is 2.36. The molecule has 0 aliphatic carbocycles. The Bertz CT molecular complexity index is 771. The largest absolute Gasteiger partial charge is 0.494 e. The Morgan fingerprint density at radius 3 is 3.08 bits per heavy atom. The van der Waals surface area contributed by atoms with Crippen molar-refractivity contribution in [1.82, 2.24) is 20.1 Å². The Kier molecular flexibility index (Phi) is 4.37. The lowest BCUT2D eigenvalue weighted by Crippen LogP contribution is -2.37. The maximum absolute atomic E-state index is 6.05. The molecule has 2 aliphatic rings. The predicted octanol–water partition coefficient (Wildman–Crippen LogP) is 2.41. The first-order valence-electron chi connectivity index (χ1n) is 9.21. The zero-order valence-corrected chi connectivity index (χ0v) is 15.2. The van der Waals surface area contributed by atoms with E-state index in [4.69, 9.17) is 9.47 Å². The van der Waals surface area contributed by atoms with Gasteiger partial charge in [0.25, 0.3) is 0 Å². The summed E-state index contributed by atoms with van der Waals surface area (Å²) in [5.74, 6) is 4.08. The first-order chi connectivity index (χ1) is 12.1. The summed E-state index contributed by atoms with van der Waals surface area (Å²) < 4.78 is 14.0. The number of benzene rings is 1. The molecule has 6 heteroatoms. The Morgan fingerprint density at radius 2 is 2.24 bits per heavy atom. The van der Waals surface area contributed by atoms with E-state index in [0.717, 1.165) is 55.5 Å². The highest BCUT2D eigenvalue weighted by Gasteiger charge is 2.25. The molecule has 4 rings (SSSR count). The van der Waals surface area contributed by atoms with Gasteiger partial charge in [0, 0.05) is 43.1 Å². The van der Waals surface area contributed by atoms with Crippen molar-refractivity contribution in [1.29, 1.82) is 0 Å². The molecule has 2 atom stereocenters. The summed E-state index contributed by atoms with van der Waals surface area (Å²) in [6, 6.07) is 4.66. The number of hydrogen-bond acceptors (Lipinski definition) is 5. The molecule has 3 heterocycles. The Hall–Kier alpha value is -2.08. The summed E-state index contributed by atoms with van der Waals surface area (Å²) in [7, 11) is 0. The van der Waals surface area contributed by atoms with Crippen molar-refractivity contribution < 1.29 is 9.47 Å². The third-order valence-electron chi connectivity index (χ3n) is 5.07. The first-order valence-corrected chi connectivity index (χ1v) is 9.21. The molecule has 0 unspecified atom stereocenters. The molecule has 1 aromatic carbocycles. The van der Waals surface area contributed by atoms with Crippen molar-refractivity contribution in [2.75, 3.05) is 6.61 Å². The fourth-order valence-electron chi connectivity index (χ4n) is 3.84. The molecule has 25 heavy (non-hydrogen) atoms. The lowest BCUT2D eigenvalue weighted by molar-refractivity contribution is 0.251. The number of hydrogen-bond donors (Lipinski definition) is 1. The van der Waals surface area contributed by atoms with E-state index >= 15 is 0 Å². The molecule has 6 nitrogen and oxygen atoms in total. The molecule has 2 aliphatic heterocycles. The van der Waals surface area contributed by atoms with Crippen LogP contribution in [0.4, 0.5) is 0 Å². The summed E-state index contributed by atoms with van der Waals surface area (Å²) in [5.41, 5.74) is 2.45. The van der Waals surface area contributed by atoms with Crippen molar-refractivity contribution in [3.63, 3.8) is 0 Å². The van der Waals surface area contributed by atoms with E-state index in [1.807, 2.05) is 13.8 Å². The molecule has 2 aromatic rings. The van der Waals surface area contributed by atoms with Crippen LogP contribution < -0.4 is 14.8 Å². The van der Waals surface area contributed by atoms with Crippen LogP contribution >= 0.6 is 0 Å². The smallest absolute Gasteiger partial charge is 0.133 e. The van der Waals surface area contributed by atoms with Gasteiger partial charge in [0.1, 0.15) is 29.3 Å². The second kappa shape index (κ2) is 6.67. The van der Waals surface area contributed by atoms with E-state index in [2.05, 4.69) is 39.1 Å². The van der Waals surface area contributed by atoms with Crippen LogP contribution in [-0.2, 0) is 25.9 Å². The van der Waals surface area contributed by atoms with Crippen molar-refractivity contribution in [2.24, 2.45) is 0 Å². The second-order valence-electron chi connectivity index (χ2n) is 7.03. The number of fused-ring (bicyclic) bond motifs is 2. The third kappa shape index (κ3) is 3.23. The summed E-state index contributed by atoms with van der Waals surface area (Å²) in [6.45, 7) is 8.56. The minimum absolute atomic E-state index is 0.238.